The summed E-state index contributed by atoms with van der Waals surface area (Å²) >= 11 is 0. The lowest BCUT2D eigenvalue weighted by molar-refractivity contribution is 0.394. The van der Waals surface area contributed by atoms with Gasteiger partial charge in [-0.1, -0.05) is 36.4 Å². The topological polar surface area (TPSA) is 62.3 Å². The minimum atomic E-state index is -0.416. The van der Waals surface area contributed by atoms with Gasteiger partial charge in [-0.15, -0.1) is 0 Å². The Bertz CT molecular complexity index is 1130. The number of hydrogen-bond acceptors (Lipinski definition) is 4. The van der Waals surface area contributed by atoms with Crippen molar-refractivity contribution in [2.24, 2.45) is 5.73 Å². The predicted molar refractivity (Wildman–Crippen MR) is 104 cm³/mol. The lowest BCUT2D eigenvalue weighted by Gasteiger charge is -2.28. The van der Waals surface area contributed by atoms with Crippen LogP contribution >= 0.6 is 0 Å². The van der Waals surface area contributed by atoms with E-state index in [9.17, 15) is 9.65 Å². The Labute approximate surface area is 156 Å². The SMILES string of the molecule is CN(C)c1ccc2c(c1)OC(N)=C(C#N)C2c1cccc2c(F)cccc12. The van der Waals surface area contributed by atoms with Crippen LogP contribution in [0.4, 0.5) is 10.1 Å². The molecule has 0 spiro atoms. The van der Waals surface area contributed by atoms with Crippen LogP contribution in [0.3, 0.4) is 0 Å². The molecule has 0 radical (unpaired) electrons. The number of benzene rings is 3. The van der Waals surface area contributed by atoms with Crippen LogP contribution in [-0.2, 0) is 0 Å². The third-order valence-electron chi connectivity index (χ3n) is 4.93. The summed E-state index contributed by atoms with van der Waals surface area (Å²) in [6, 6.07) is 18.4. The standard InChI is InChI=1S/C22H18FN3O/c1-26(2)13-9-10-17-20(11-13)27-22(25)18(12-24)21(17)16-7-3-6-15-14(16)5-4-8-19(15)23/h3-11,21H,25H2,1-2H3. The first-order valence-corrected chi connectivity index (χ1v) is 8.57. The molecule has 0 bridgehead atoms. The summed E-state index contributed by atoms with van der Waals surface area (Å²) in [6.45, 7) is 0. The molecule has 0 saturated heterocycles. The number of ether oxygens (including phenoxy) is 1. The summed E-state index contributed by atoms with van der Waals surface area (Å²) in [5.41, 5.74) is 9.04. The van der Waals surface area contributed by atoms with E-state index in [1.54, 1.807) is 18.2 Å². The van der Waals surface area contributed by atoms with Crippen molar-refractivity contribution in [1.82, 2.24) is 0 Å². The number of nitrogens with two attached hydrogens (primary N) is 1. The second-order valence-corrected chi connectivity index (χ2v) is 6.72. The number of fused-ring (bicyclic) bond motifs is 2. The summed E-state index contributed by atoms with van der Waals surface area (Å²) in [4.78, 5) is 1.96. The van der Waals surface area contributed by atoms with Crippen LogP contribution < -0.4 is 15.4 Å². The van der Waals surface area contributed by atoms with Crippen molar-refractivity contribution in [2.75, 3.05) is 19.0 Å². The molecule has 1 unspecified atom stereocenters. The molecule has 0 saturated carbocycles. The van der Waals surface area contributed by atoms with Crippen LogP contribution in [0, 0.1) is 17.1 Å². The van der Waals surface area contributed by atoms with E-state index < -0.39 is 5.92 Å². The van der Waals surface area contributed by atoms with E-state index in [4.69, 9.17) is 10.5 Å². The molecule has 1 aliphatic heterocycles. The van der Waals surface area contributed by atoms with Crippen molar-refractivity contribution < 1.29 is 9.13 Å². The highest BCUT2D eigenvalue weighted by Crippen LogP contribution is 2.45. The maximum absolute atomic E-state index is 14.3. The molecule has 0 aliphatic carbocycles. The summed E-state index contributed by atoms with van der Waals surface area (Å²) in [7, 11) is 3.88. The zero-order valence-corrected chi connectivity index (χ0v) is 15.0. The smallest absolute Gasteiger partial charge is 0.205 e. The fourth-order valence-corrected chi connectivity index (χ4v) is 3.59. The molecule has 0 aromatic heterocycles. The normalized spacial score (nSPS) is 15.9. The number of nitrogens with zero attached hydrogens (tertiary/aromatic N) is 2. The zero-order chi connectivity index (χ0) is 19.1. The van der Waals surface area contributed by atoms with E-state index in [2.05, 4.69) is 6.07 Å². The largest absolute Gasteiger partial charge is 0.440 e. The Morgan fingerprint density at radius 1 is 1.04 bits per heavy atom. The van der Waals surface area contributed by atoms with E-state index in [0.29, 0.717) is 16.7 Å². The van der Waals surface area contributed by atoms with Crippen molar-refractivity contribution in [1.29, 1.82) is 5.26 Å². The van der Waals surface area contributed by atoms with Gasteiger partial charge in [0.2, 0.25) is 5.88 Å². The molecular formula is C22H18FN3O. The molecule has 4 nitrogen and oxygen atoms in total. The van der Waals surface area contributed by atoms with Crippen molar-refractivity contribution in [3.05, 3.63) is 83.0 Å². The monoisotopic (exact) mass is 359 g/mol. The van der Waals surface area contributed by atoms with Gasteiger partial charge in [-0.25, -0.2) is 4.39 Å². The fourth-order valence-electron chi connectivity index (χ4n) is 3.59. The highest BCUT2D eigenvalue weighted by molar-refractivity contribution is 5.88. The van der Waals surface area contributed by atoms with Gasteiger partial charge in [-0.2, -0.15) is 5.26 Å². The van der Waals surface area contributed by atoms with E-state index in [1.165, 1.54) is 6.07 Å². The summed E-state index contributed by atoms with van der Waals surface area (Å²) in [5.74, 6) is -0.0177. The highest BCUT2D eigenvalue weighted by Gasteiger charge is 2.32. The minimum absolute atomic E-state index is 0.0827. The van der Waals surface area contributed by atoms with Crippen LogP contribution in [-0.4, -0.2) is 14.1 Å². The van der Waals surface area contributed by atoms with Gasteiger partial charge in [0.25, 0.3) is 0 Å². The van der Waals surface area contributed by atoms with Gasteiger partial charge in [-0.05, 0) is 23.1 Å². The first-order valence-electron chi connectivity index (χ1n) is 8.57. The third kappa shape index (κ3) is 2.67. The molecular weight excluding hydrogens is 341 g/mol. The minimum Gasteiger partial charge on any atom is -0.440 e. The van der Waals surface area contributed by atoms with Crippen molar-refractivity contribution in [3.63, 3.8) is 0 Å². The lowest BCUT2D eigenvalue weighted by Crippen LogP contribution is -2.21. The number of halogens is 1. The second kappa shape index (κ2) is 6.33. The maximum Gasteiger partial charge on any atom is 0.205 e. The molecule has 27 heavy (non-hydrogen) atoms. The van der Waals surface area contributed by atoms with Gasteiger partial charge >= 0.3 is 0 Å². The lowest BCUT2D eigenvalue weighted by atomic mass is 9.81. The average Bonchev–Trinajstić information content (AvgIpc) is 2.66. The quantitative estimate of drug-likeness (QED) is 0.742. The van der Waals surface area contributed by atoms with Crippen LogP contribution in [0.1, 0.15) is 17.0 Å². The molecule has 3 aromatic carbocycles. The number of hydrogen-bond donors (Lipinski definition) is 1. The van der Waals surface area contributed by atoms with Gasteiger partial charge in [-0.3, -0.25) is 0 Å². The summed E-state index contributed by atoms with van der Waals surface area (Å²) in [6.07, 6.45) is 0. The van der Waals surface area contributed by atoms with Crippen LogP contribution in [0.15, 0.2) is 66.1 Å². The number of allylic oxidation sites excluding steroid dienone is 1. The maximum atomic E-state index is 14.3. The zero-order valence-electron chi connectivity index (χ0n) is 15.0. The van der Waals surface area contributed by atoms with Crippen molar-refractivity contribution in [2.45, 2.75) is 5.92 Å². The molecule has 1 aliphatic rings. The van der Waals surface area contributed by atoms with E-state index >= 15 is 0 Å². The van der Waals surface area contributed by atoms with Crippen LogP contribution in [0.25, 0.3) is 10.8 Å². The second-order valence-electron chi connectivity index (χ2n) is 6.72. The van der Waals surface area contributed by atoms with Gasteiger partial charge in [0.1, 0.15) is 23.2 Å². The molecule has 134 valence electrons. The Hall–Kier alpha value is -3.52. The highest BCUT2D eigenvalue weighted by atomic mass is 19.1. The third-order valence-corrected chi connectivity index (χ3v) is 4.93. The molecule has 1 atom stereocenters. The molecule has 3 aromatic rings. The first-order chi connectivity index (χ1) is 13.0. The molecule has 0 fully saturated rings. The fraction of sp³-hybridized carbons (Fsp3) is 0.136. The van der Waals surface area contributed by atoms with Gasteiger partial charge in [0.15, 0.2) is 0 Å². The summed E-state index contributed by atoms with van der Waals surface area (Å²) in [5, 5.41) is 11.0. The van der Waals surface area contributed by atoms with Gasteiger partial charge in [0, 0.05) is 36.8 Å². The summed E-state index contributed by atoms with van der Waals surface area (Å²) < 4.78 is 20.0. The van der Waals surface area contributed by atoms with Crippen LogP contribution in [0.2, 0.25) is 0 Å². The van der Waals surface area contributed by atoms with Crippen molar-refractivity contribution >= 4 is 16.5 Å². The molecule has 5 heteroatoms. The van der Waals surface area contributed by atoms with Crippen molar-refractivity contribution in [3.8, 4) is 11.8 Å². The van der Waals surface area contributed by atoms with Gasteiger partial charge < -0.3 is 15.4 Å². The molecule has 4 rings (SSSR count). The van der Waals surface area contributed by atoms with Gasteiger partial charge in [0.05, 0.1) is 5.92 Å². The average molecular weight is 359 g/mol. The Morgan fingerprint density at radius 2 is 1.78 bits per heavy atom. The molecule has 2 N–H and O–H groups in total. The predicted octanol–water partition coefficient (Wildman–Crippen LogP) is 4.26. The number of nitriles is 1. The van der Waals surface area contributed by atoms with Crippen LogP contribution in [0.5, 0.6) is 5.75 Å². The molecule has 1 heterocycles. The Kier molecular flexibility index (Phi) is 3.97. The first kappa shape index (κ1) is 16.9. The van der Waals surface area contributed by atoms with E-state index in [1.807, 2.05) is 49.3 Å². The van der Waals surface area contributed by atoms with E-state index in [-0.39, 0.29) is 11.7 Å². The van der Waals surface area contributed by atoms with E-state index in [0.717, 1.165) is 22.2 Å². The molecule has 0 amide bonds. The number of rotatable bonds is 2. The Balaban J connectivity index is 2.00. The Morgan fingerprint density at radius 3 is 2.52 bits per heavy atom. The number of anilines is 1.